The minimum absolute atomic E-state index is 0.0892. The van der Waals surface area contributed by atoms with Crippen molar-refractivity contribution in [2.45, 2.75) is 32.1 Å². The average Bonchev–Trinajstić information content (AvgIpc) is 2.86. The Bertz CT molecular complexity index is 1300. The van der Waals surface area contributed by atoms with E-state index in [1.807, 2.05) is 19.1 Å². The molecule has 0 aliphatic rings. The van der Waals surface area contributed by atoms with Crippen molar-refractivity contribution in [2.75, 3.05) is 16.2 Å². The Morgan fingerprint density at radius 1 is 0.886 bits per heavy atom. The van der Waals surface area contributed by atoms with E-state index in [0.717, 1.165) is 21.9 Å². The molecule has 3 rings (SSSR count). The highest BCUT2D eigenvalue weighted by Gasteiger charge is 2.27. The summed E-state index contributed by atoms with van der Waals surface area (Å²) in [6.45, 7) is 4.71. The van der Waals surface area contributed by atoms with Gasteiger partial charge in [0, 0.05) is 12.6 Å². The third kappa shape index (κ3) is 6.77. The van der Waals surface area contributed by atoms with E-state index in [1.165, 1.54) is 19.1 Å². The molecule has 8 nitrogen and oxygen atoms in total. The predicted molar refractivity (Wildman–Crippen MR) is 138 cm³/mol. The number of hydrazone groups is 1. The molecular weight excluding hydrogens is 464 g/mol. The van der Waals surface area contributed by atoms with Crippen molar-refractivity contribution in [2.24, 2.45) is 5.10 Å². The van der Waals surface area contributed by atoms with Gasteiger partial charge >= 0.3 is 0 Å². The smallest absolute Gasteiger partial charge is 0.264 e. The number of nitrogens with one attached hydrogen (secondary N) is 2. The maximum atomic E-state index is 13.4. The van der Waals surface area contributed by atoms with E-state index in [9.17, 15) is 18.0 Å². The van der Waals surface area contributed by atoms with Crippen molar-refractivity contribution < 1.29 is 18.0 Å². The molecular formula is C26H28N4O4S. The van der Waals surface area contributed by atoms with Gasteiger partial charge in [-0.15, -0.1) is 0 Å². The summed E-state index contributed by atoms with van der Waals surface area (Å²) in [6.07, 6.45) is 0.811. The molecule has 9 heteroatoms. The standard InChI is InChI=1S/C26H28N4O4S/c1-4-21-10-16-24(17-11-21)30(35(33,34)25-8-6-5-7-9-25)18-26(32)29-28-19(2)22-12-14-23(15-13-22)27-20(3)31/h5-17H,4,18H2,1-3H3,(H,27,31)(H,29,32)/b28-19-. The summed E-state index contributed by atoms with van der Waals surface area (Å²) in [5.41, 5.74) is 5.80. The molecule has 0 fully saturated rings. The molecule has 0 aliphatic carbocycles. The monoisotopic (exact) mass is 492 g/mol. The number of aryl methyl sites for hydroxylation is 1. The summed E-state index contributed by atoms with van der Waals surface area (Å²) in [5.74, 6) is -0.756. The Balaban J connectivity index is 1.80. The van der Waals surface area contributed by atoms with Gasteiger partial charge in [0.1, 0.15) is 6.54 Å². The molecule has 0 atom stereocenters. The maximum absolute atomic E-state index is 13.4. The number of carbonyl (C=O) groups is 2. The number of carbonyl (C=O) groups excluding carboxylic acids is 2. The molecule has 35 heavy (non-hydrogen) atoms. The third-order valence-corrected chi connectivity index (χ3v) is 7.01. The van der Waals surface area contributed by atoms with Gasteiger partial charge in [-0.3, -0.25) is 13.9 Å². The molecule has 3 aromatic rings. The number of benzene rings is 3. The number of hydrogen-bond donors (Lipinski definition) is 2. The van der Waals surface area contributed by atoms with Gasteiger partial charge in [-0.1, -0.05) is 49.4 Å². The molecule has 0 saturated carbocycles. The Hall–Kier alpha value is -3.98. The average molecular weight is 493 g/mol. The van der Waals surface area contributed by atoms with E-state index in [2.05, 4.69) is 15.8 Å². The van der Waals surface area contributed by atoms with E-state index in [4.69, 9.17) is 0 Å². The van der Waals surface area contributed by atoms with Crippen molar-refractivity contribution in [1.29, 1.82) is 0 Å². The van der Waals surface area contributed by atoms with Crippen LogP contribution in [-0.2, 0) is 26.0 Å². The highest BCUT2D eigenvalue weighted by Crippen LogP contribution is 2.24. The number of nitrogens with zero attached hydrogens (tertiary/aromatic N) is 2. The van der Waals surface area contributed by atoms with Gasteiger partial charge in [0.05, 0.1) is 16.3 Å². The molecule has 0 saturated heterocycles. The molecule has 0 unspecified atom stereocenters. The summed E-state index contributed by atoms with van der Waals surface area (Å²) in [7, 11) is -3.98. The summed E-state index contributed by atoms with van der Waals surface area (Å²) in [5, 5.41) is 6.80. The third-order valence-electron chi connectivity index (χ3n) is 5.22. The zero-order chi connectivity index (χ0) is 25.4. The fraction of sp³-hybridized carbons (Fsp3) is 0.192. The predicted octanol–water partition coefficient (Wildman–Crippen LogP) is 3.94. The van der Waals surface area contributed by atoms with Crippen LogP contribution in [0.5, 0.6) is 0 Å². The highest BCUT2D eigenvalue weighted by atomic mass is 32.2. The van der Waals surface area contributed by atoms with Gasteiger partial charge in [-0.25, -0.2) is 13.8 Å². The molecule has 0 radical (unpaired) electrons. The van der Waals surface area contributed by atoms with Crippen LogP contribution in [0.15, 0.2) is 88.9 Å². The topological polar surface area (TPSA) is 108 Å². The molecule has 2 amide bonds. The first-order chi connectivity index (χ1) is 16.7. The normalized spacial score (nSPS) is 11.6. The van der Waals surface area contributed by atoms with Gasteiger partial charge in [0.25, 0.3) is 15.9 Å². The van der Waals surface area contributed by atoms with Crippen molar-refractivity contribution >= 4 is 38.9 Å². The van der Waals surface area contributed by atoms with E-state index in [-0.39, 0.29) is 10.8 Å². The molecule has 2 N–H and O–H groups in total. The fourth-order valence-corrected chi connectivity index (χ4v) is 4.75. The molecule has 3 aromatic carbocycles. The molecule has 182 valence electrons. The first-order valence-electron chi connectivity index (χ1n) is 11.1. The van der Waals surface area contributed by atoms with E-state index < -0.39 is 22.5 Å². The Labute approximate surface area is 205 Å². The number of sulfonamides is 1. The Morgan fingerprint density at radius 2 is 1.51 bits per heavy atom. The second kappa shape index (κ2) is 11.4. The number of hydrogen-bond acceptors (Lipinski definition) is 5. The van der Waals surface area contributed by atoms with Gasteiger partial charge in [-0.05, 0) is 60.9 Å². The summed E-state index contributed by atoms with van der Waals surface area (Å²) >= 11 is 0. The fourth-order valence-electron chi connectivity index (χ4n) is 3.31. The van der Waals surface area contributed by atoms with Gasteiger partial charge in [-0.2, -0.15) is 5.10 Å². The minimum Gasteiger partial charge on any atom is -0.326 e. The zero-order valence-electron chi connectivity index (χ0n) is 19.9. The van der Waals surface area contributed by atoms with Crippen LogP contribution in [0, 0.1) is 0 Å². The van der Waals surface area contributed by atoms with E-state index in [1.54, 1.807) is 61.5 Å². The zero-order valence-corrected chi connectivity index (χ0v) is 20.7. The second-order valence-electron chi connectivity index (χ2n) is 7.84. The van der Waals surface area contributed by atoms with E-state index in [0.29, 0.717) is 17.1 Å². The van der Waals surface area contributed by atoms with Crippen LogP contribution < -0.4 is 15.0 Å². The highest BCUT2D eigenvalue weighted by molar-refractivity contribution is 7.92. The van der Waals surface area contributed by atoms with Crippen LogP contribution >= 0.6 is 0 Å². The van der Waals surface area contributed by atoms with Crippen molar-refractivity contribution in [3.05, 3.63) is 90.0 Å². The lowest BCUT2D eigenvalue weighted by molar-refractivity contribution is -0.119. The number of rotatable bonds is 9. The van der Waals surface area contributed by atoms with Crippen molar-refractivity contribution in [3.8, 4) is 0 Å². The Kier molecular flexibility index (Phi) is 8.38. The van der Waals surface area contributed by atoms with Crippen molar-refractivity contribution in [3.63, 3.8) is 0 Å². The Morgan fingerprint density at radius 3 is 2.09 bits per heavy atom. The summed E-state index contributed by atoms with van der Waals surface area (Å²) in [6, 6.07) is 22.0. The van der Waals surface area contributed by atoms with Crippen LogP contribution in [0.1, 0.15) is 31.9 Å². The van der Waals surface area contributed by atoms with Gasteiger partial charge in [0.2, 0.25) is 5.91 Å². The van der Waals surface area contributed by atoms with Crippen molar-refractivity contribution in [1.82, 2.24) is 5.43 Å². The van der Waals surface area contributed by atoms with Crippen LogP contribution in [0.3, 0.4) is 0 Å². The van der Waals surface area contributed by atoms with Gasteiger partial charge < -0.3 is 5.32 Å². The first-order valence-corrected chi connectivity index (χ1v) is 12.5. The number of amides is 2. The SMILES string of the molecule is CCc1ccc(N(CC(=O)N/N=C(/C)c2ccc(NC(C)=O)cc2)S(=O)(=O)c2ccccc2)cc1. The lowest BCUT2D eigenvalue weighted by Crippen LogP contribution is -2.39. The minimum atomic E-state index is -3.98. The lowest BCUT2D eigenvalue weighted by Gasteiger charge is -2.24. The summed E-state index contributed by atoms with van der Waals surface area (Å²) < 4.78 is 27.8. The van der Waals surface area contributed by atoms with Crippen LogP contribution in [0.2, 0.25) is 0 Å². The van der Waals surface area contributed by atoms with E-state index >= 15 is 0 Å². The van der Waals surface area contributed by atoms with Crippen LogP contribution in [0.25, 0.3) is 0 Å². The number of anilines is 2. The molecule has 0 spiro atoms. The quantitative estimate of drug-likeness (QED) is 0.348. The lowest BCUT2D eigenvalue weighted by atomic mass is 10.1. The molecule has 0 aliphatic heterocycles. The van der Waals surface area contributed by atoms with Gasteiger partial charge in [0.15, 0.2) is 0 Å². The molecule has 0 bridgehead atoms. The second-order valence-corrected chi connectivity index (χ2v) is 9.70. The van der Waals surface area contributed by atoms with Crippen LogP contribution in [0.4, 0.5) is 11.4 Å². The summed E-state index contributed by atoms with van der Waals surface area (Å²) in [4.78, 5) is 24.0. The van der Waals surface area contributed by atoms with Crippen LogP contribution in [-0.4, -0.2) is 32.5 Å². The first kappa shape index (κ1) is 25.6. The maximum Gasteiger partial charge on any atom is 0.264 e. The molecule has 0 aromatic heterocycles. The molecule has 0 heterocycles. The largest absolute Gasteiger partial charge is 0.326 e.